The smallest absolute Gasteiger partial charge is 0.334 e. The molecule has 0 aliphatic carbocycles. The van der Waals surface area contributed by atoms with Crippen LogP contribution in [0.25, 0.3) is 16.0 Å². The predicted octanol–water partition coefficient (Wildman–Crippen LogP) is 3.71. The van der Waals surface area contributed by atoms with E-state index in [0.717, 1.165) is 11.8 Å². The number of nitrogens with zero attached hydrogens (tertiary/aromatic N) is 2. The second-order valence-electron chi connectivity index (χ2n) is 6.14. The van der Waals surface area contributed by atoms with Crippen LogP contribution in [-0.2, 0) is 9.59 Å². The highest BCUT2D eigenvalue weighted by Gasteiger charge is 2.45. The van der Waals surface area contributed by atoms with E-state index in [-0.39, 0.29) is 11.3 Å². The molecule has 0 radical (unpaired) electrons. The normalized spacial score (nSPS) is 17.7. The number of amides is 1. The number of aliphatic carboxylic acids is 1. The highest BCUT2D eigenvalue weighted by atomic mass is 32.2. The zero-order chi connectivity index (χ0) is 21.8. The van der Waals surface area contributed by atoms with Crippen molar-refractivity contribution in [3.05, 3.63) is 70.8 Å². The van der Waals surface area contributed by atoms with Gasteiger partial charge in [-0.2, -0.15) is 5.26 Å². The molecule has 2 aromatic carbocycles. The van der Waals surface area contributed by atoms with E-state index in [0.29, 0.717) is 16.9 Å². The molecule has 2 N–H and O–H groups in total. The van der Waals surface area contributed by atoms with Crippen LogP contribution >= 0.6 is 11.8 Å². The quantitative estimate of drug-likeness (QED) is 0.711. The average Bonchev–Trinajstić information content (AvgIpc) is 3.14. The fourth-order valence-electron chi connectivity index (χ4n) is 2.98. The summed E-state index contributed by atoms with van der Waals surface area (Å²) in [6.07, 6.45) is 0. The minimum atomic E-state index is -1.46. The number of hydrogen-bond acceptors (Lipinski definition) is 5. The second kappa shape index (κ2) is 8.68. The van der Waals surface area contributed by atoms with Crippen molar-refractivity contribution in [1.29, 1.82) is 5.26 Å². The van der Waals surface area contributed by atoms with E-state index in [1.54, 1.807) is 36.4 Å². The summed E-state index contributed by atoms with van der Waals surface area (Å²) in [5.74, 6) is -2.51. The molecular formula is C21H14FN3O4S. The molecular weight excluding hydrogens is 409 g/mol. The third-order valence-corrected chi connectivity index (χ3v) is 5.61. The Morgan fingerprint density at radius 3 is 2.60 bits per heavy atom. The number of anilines is 1. The number of thioether (sulfide) groups is 1. The zero-order valence-electron chi connectivity index (χ0n) is 15.5. The maximum atomic E-state index is 14.6. The molecule has 1 aliphatic heterocycles. The summed E-state index contributed by atoms with van der Waals surface area (Å²) in [5.41, 5.74) is 0.298. The number of ether oxygens (including phenoxy) is 1. The third-order valence-electron chi connectivity index (χ3n) is 4.39. The number of carbonyl (C=O) groups is 2. The Labute approximate surface area is 175 Å². The van der Waals surface area contributed by atoms with E-state index < -0.39 is 33.9 Å². The number of rotatable bonds is 5. The topological polar surface area (TPSA) is 104 Å². The molecule has 0 fully saturated rings. The van der Waals surface area contributed by atoms with Gasteiger partial charge in [0.2, 0.25) is 0 Å². The number of carboxylic acids is 1. The van der Waals surface area contributed by atoms with Crippen molar-refractivity contribution in [2.75, 3.05) is 12.4 Å². The molecule has 0 bridgehead atoms. The molecule has 9 heteroatoms. The first-order valence-electron chi connectivity index (χ1n) is 8.54. The number of benzene rings is 2. The van der Waals surface area contributed by atoms with Crippen molar-refractivity contribution < 1.29 is 23.8 Å². The number of nitriles is 1. The molecule has 150 valence electrons. The molecule has 0 saturated heterocycles. The Bertz CT molecular complexity index is 1150. The van der Waals surface area contributed by atoms with Crippen LogP contribution in [0.1, 0.15) is 0 Å². The van der Waals surface area contributed by atoms with Gasteiger partial charge >= 0.3 is 11.3 Å². The number of hydrogen-bond donors (Lipinski definition) is 2. The SMILES string of the molecule is [C-]#[N+]C1SC(C#N)C(C(=O)O)=C1C(=O)Nc1ccc(-c2cccc(OC)c2)cc1F. The van der Waals surface area contributed by atoms with Gasteiger partial charge in [-0.05, 0) is 47.2 Å². The first-order chi connectivity index (χ1) is 14.4. The molecule has 0 aromatic heterocycles. The van der Waals surface area contributed by atoms with E-state index in [1.165, 1.54) is 19.2 Å². The van der Waals surface area contributed by atoms with Crippen molar-refractivity contribution in [1.82, 2.24) is 0 Å². The highest BCUT2D eigenvalue weighted by Crippen LogP contribution is 2.40. The minimum Gasteiger partial charge on any atom is -0.497 e. The van der Waals surface area contributed by atoms with E-state index >= 15 is 0 Å². The summed E-state index contributed by atoms with van der Waals surface area (Å²) in [4.78, 5) is 27.4. The van der Waals surface area contributed by atoms with Gasteiger partial charge in [-0.15, -0.1) is 0 Å². The lowest BCUT2D eigenvalue weighted by molar-refractivity contribution is -0.133. The van der Waals surface area contributed by atoms with Crippen molar-refractivity contribution in [2.24, 2.45) is 0 Å². The van der Waals surface area contributed by atoms with E-state index in [2.05, 4.69) is 10.2 Å². The molecule has 0 spiro atoms. The van der Waals surface area contributed by atoms with Gasteiger partial charge in [-0.1, -0.05) is 18.2 Å². The number of carbonyl (C=O) groups excluding carboxylic acids is 1. The molecule has 2 aromatic rings. The Morgan fingerprint density at radius 1 is 1.27 bits per heavy atom. The van der Waals surface area contributed by atoms with Crippen LogP contribution in [0.15, 0.2) is 53.6 Å². The van der Waals surface area contributed by atoms with Gasteiger partial charge in [0.1, 0.15) is 22.4 Å². The molecule has 30 heavy (non-hydrogen) atoms. The number of nitrogens with one attached hydrogen (secondary N) is 1. The third kappa shape index (κ3) is 3.97. The summed E-state index contributed by atoms with van der Waals surface area (Å²) < 4.78 is 19.8. The van der Waals surface area contributed by atoms with Crippen molar-refractivity contribution in [3.8, 4) is 22.9 Å². The summed E-state index contributed by atoms with van der Waals surface area (Å²) in [6, 6.07) is 13.0. The van der Waals surface area contributed by atoms with Gasteiger partial charge < -0.3 is 15.2 Å². The van der Waals surface area contributed by atoms with Crippen LogP contribution in [0.4, 0.5) is 10.1 Å². The van der Waals surface area contributed by atoms with E-state index in [1.807, 2.05) is 0 Å². The lowest BCUT2D eigenvalue weighted by Crippen LogP contribution is -2.22. The Morgan fingerprint density at radius 2 is 2.00 bits per heavy atom. The Balaban J connectivity index is 1.91. The molecule has 2 unspecified atom stereocenters. The summed E-state index contributed by atoms with van der Waals surface area (Å²) in [6.45, 7) is 7.20. The van der Waals surface area contributed by atoms with Crippen LogP contribution in [0.5, 0.6) is 5.75 Å². The zero-order valence-corrected chi connectivity index (χ0v) is 16.4. The molecule has 1 heterocycles. The molecule has 2 atom stereocenters. The molecule has 7 nitrogen and oxygen atoms in total. The lowest BCUT2D eigenvalue weighted by atomic mass is 10.0. The van der Waals surface area contributed by atoms with Crippen LogP contribution in [0.2, 0.25) is 0 Å². The van der Waals surface area contributed by atoms with Crippen LogP contribution in [-0.4, -0.2) is 34.7 Å². The monoisotopic (exact) mass is 423 g/mol. The molecule has 0 saturated carbocycles. The lowest BCUT2D eigenvalue weighted by Gasteiger charge is -2.10. The van der Waals surface area contributed by atoms with Gasteiger partial charge in [0.25, 0.3) is 5.91 Å². The number of carboxylic acid groups (broad SMARTS) is 1. The maximum absolute atomic E-state index is 14.6. The van der Waals surface area contributed by atoms with Crippen molar-refractivity contribution in [3.63, 3.8) is 0 Å². The fourth-order valence-corrected chi connectivity index (χ4v) is 4.09. The van der Waals surface area contributed by atoms with Gasteiger partial charge in [0.05, 0.1) is 24.4 Å². The molecule has 1 amide bonds. The predicted molar refractivity (Wildman–Crippen MR) is 109 cm³/mol. The average molecular weight is 423 g/mol. The molecule has 3 rings (SSSR count). The van der Waals surface area contributed by atoms with Gasteiger partial charge in [-0.3, -0.25) is 9.64 Å². The van der Waals surface area contributed by atoms with E-state index in [4.69, 9.17) is 16.6 Å². The summed E-state index contributed by atoms with van der Waals surface area (Å²) >= 11 is 0.765. The van der Waals surface area contributed by atoms with Gasteiger partial charge in [0, 0.05) is 0 Å². The van der Waals surface area contributed by atoms with Gasteiger partial charge in [0.15, 0.2) is 0 Å². The standard InChI is InChI=1S/C21H14FN3O4S/c1-24-20-18(17(21(27)28)16(10-23)30-20)19(26)25-15-7-6-12(9-14(15)22)11-4-3-5-13(8-11)29-2/h3-9,16,20H,2H3,(H,25,26)(H,27,28). The summed E-state index contributed by atoms with van der Waals surface area (Å²) in [5, 5.41) is 18.5. The Kier molecular flexibility index (Phi) is 6.05. The number of methoxy groups -OCH3 is 1. The van der Waals surface area contributed by atoms with E-state index in [9.17, 15) is 19.1 Å². The Hall–Kier alpha value is -3.82. The van der Waals surface area contributed by atoms with Crippen molar-refractivity contribution in [2.45, 2.75) is 10.6 Å². The first-order valence-corrected chi connectivity index (χ1v) is 9.48. The van der Waals surface area contributed by atoms with Crippen molar-refractivity contribution >= 4 is 29.3 Å². The molecule has 1 aliphatic rings. The largest absolute Gasteiger partial charge is 0.497 e. The summed E-state index contributed by atoms with van der Waals surface area (Å²) in [7, 11) is 1.52. The second-order valence-corrected chi connectivity index (χ2v) is 7.33. The van der Waals surface area contributed by atoms with Crippen LogP contribution < -0.4 is 10.1 Å². The first kappa shape index (κ1) is 20.9. The van der Waals surface area contributed by atoms with Gasteiger partial charge in [-0.25, -0.2) is 15.8 Å². The minimum absolute atomic E-state index is 0.168. The van der Waals surface area contributed by atoms with Crippen LogP contribution in [0.3, 0.4) is 0 Å². The fraction of sp³-hybridized carbons (Fsp3) is 0.143. The number of halogens is 1. The van der Waals surface area contributed by atoms with Crippen LogP contribution in [0, 0.1) is 23.7 Å². The maximum Gasteiger partial charge on any atom is 0.334 e. The highest BCUT2D eigenvalue weighted by molar-refractivity contribution is 8.01.